The molecule has 0 saturated heterocycles. The molecule has 1 atom stereocenters. The van der Waals surface area contributed by atoms with Gasteiger partial charge in [-0.2, -0.15) is 0 Å². The summed E-state index contributed by atoms with van der Waals surface area (Å²) in [5, 5.41) is 14.1. The van der Waals surface area contributed by atoms with Crippen molar-refractivity contribution in [3.8, 4) is 0 Å². The number of rotatable bonds is 4. The highest BCUT2D eigenvalue weighted by Gasteiger charge is 2.29. The van der Waals surface area contributed by atoms with E-state index in [1.54, 1.807) is 10.4 Å². The first-order chi connectivity index (χ1) is 9.66. The number of fused-ring (bicyclic) bond motifs is 1. The Kier molecular flexibility index (Phi) is 4.49. The second kappa shape index (κ2) is 6.17. The van der Waals surface area contributed by atoms with Crippen molar-refractivity contribution < 1.29 is 5.11 Å². The number of aryl methyl sites for hydroxylation is 2. The van der Waals surface area contributed by atoms with Crippen molar-refractivity contribution in [2.45, 2.75) is 76.4 Å². The summed E-state index contributed by atoms with van der Waals surface area (Å²) in [4.78, 5) is 3.06. The molecule has 1 aromatic heterocycles. The highest BCUT2D eigenvalue weighted by molar-refractivity contribution is 7.12. The molecule has 20 heavy (non-hydrogen) atoms. The first-order valence-corrected chi connectivity index (χ1v) is 9.05. The average molecular weight is 293 g/mol. The van der Waals surface area contributed by atoms with E-state index >= 15 is 0 Å². The Morgan fingerprint density at radius 1 is 1.20 bits per heavy atom. The zero-order valence-corrected chi connectivity index (χ0v) is 13.4. The van der Waals surface area contributed by atoms with Gasteiger partial charge < -0.3 is 10.4 Å². The zero-order chi connectivity index (χ0) is 14.0. The highest BCUT2D eigenvalue weighted by atomic mass is 32.1. The molecule has 2 aliphatic rings. The number of hydrogen-bond acceptors (Lipinski definition) is 3. The molecule has 0 aromatic carbocycles. The molecule has 2 nitrogen and oxygen atoms in total. The van der Waals surface area contributed by atoms with Crippen molar-refractivity contribution in [2.75, 3.05) is 6.54 Å². The molecule has 0 amide bonds. The summed E-state index contributed by atoms with van der Waals surface area (Å²) in [5.74, 6) is 0. The van der Waals surface area contributed by atoms with Gasteiger partial charge in [0.1, 0.15) is 0 Å². The molecule has 0 bridgehead atoms. The lowest BCUT2D eigenvalue weighted by Crippen LogP contribution is -2.42. The van der Waals surface area contributed by atoms with Gasteiger partial charge in [0.2, 0.25) is 0 Å². The minimum atomic E-state index is -0.455. The largest absolute Gasteiger partial charge is 0.389 e. The smallest absolute Gasteiger partial charge is 0.0771 e. The van der Waals surface area contributed by atoms with Crippen LogP contribution in [0.4, 0.5) is 0 Å². The van der Waals surface area contributed by atoms with Gasteiger partial charge in [0.15, 0.2) is 0 Å². The van der Waals surface area contributed by atoms with Crippen LogP contribution in [0.15, 0.2) is 6.07 Å². The lowest BCUT2D eigenvalue weighted by Gasteiger charge is -2.33. The van der Waals surface area contributed by atoms with E-state index in [-0.39, 0.29) is 0 Å². The summed E-state index contributed by atoms with van der Waals surface area (Å²) < 4.78 is 0. The number of nitrogens with one attached hydrogen (secondary N) is 1. The van der Waals surface area contributed by atoms with Crippen LogP contribution in [0.25, 0.3) is 0 Å². The molecule has 0 radical (unpaired) electrons. The van der Waals surface area contributed by atoms with Gasteiger partial charge in [-0.3, -0.25) is 0 Å². The highest BCUT2D eigenvalue weighted by Crippen LogP contribution is 2.33. The molecular formula is C17H27NOS. The summed E-state index contributed by atoms with van der Waals surface area (Å²) >= 11 is 1.98. The van der Waals surface area contributed by atoms with Crippen molar-refractivity contribution in [1.82, 2.24) is 5.32 Å². The molecule has 1 saturated carbocycles. The molecule has 2 N–H and O–H groups in total. The third-order valence-electron chi connectivity index (χ3n) is 4.96. The minimum absolute atomic E-state index is 0.372. The molecule has 1 fully saturated rings. The first kappa shape index (κ1) is 14.6. The van der Waals surface area contributed by atoms with Crippen molar-refractivity contribution in [2.24, 2.45) is 0 Å². The maximum atomic E-state index is 10.6. The van der Waals surface area contributed by atoms with Crippen LogP contribution >= 0.6 is 11.3 Å². The topological polar surface area (TPSA) is 32.3 Å². The van der Waals surface area contributed by atoms with Gasteiger partial charge in [-0.05, 0) is 57.1 Å². The Morgan fingerprint density at radius 3 is 2.70 bits per heavy atom. The number of thiophene rings is 1. The molecule has 112 valence electrons. The van der Waals surface area contributed by atoms with Gasteiger partial charge in [0.05, 0.1) is 5.60 Å². The van der Waals surface area contributed by atoms with Crippen LogP contribution in [0.3, 0.4) is 0 Å². The van der Waals surface area contributed by atoms with Gasteiger partial charge in [-0.15, -0.1) is 11.3 Å². The Balaban J connectivity index is 1.58. The summed E-state index contributed by atoms with van der Waals surface area (Å²) in [7, 11) is 0. The van der Waals surface area contributed by atoms with Crippen molar-refractivity contribution >= 4 is 11.3 Å². The van der Waals surface area contributed by atoms with Gasteiger partial charge >= 0.3 is 0 Å². The van der Waals surface area contributed by atoms with Crippen molar-refractivity contribution in [1.29, 1.82) is 0 Å². The van der Waals surface area contributed by atoms with Crippen LogP contribution in [0, 0.1) is 0 Å². The normalized spacial score (nSPS) is 23.3. The molecule has 0 spiro atoms. The van der Waals surface area contributed by atoms with Gasteiger partial charge in [-0.25, -0.2) is 0 Å². The Bertz CT molecular complexity index is 424. The molecular weight excluding hydrogens is 266 g/mol. The fourth-order valence-corrected chi connectivity index (χ4v) is 4.84. The summed E-state index contributed by atoms with van der Waals surface area (Å²) in [6, 6.07) is 2.78. The molecule has 1 heterocycles. The quantitative estimate of drug-likeness (QED) is 0.880. The first-order valence-electron chi connectivity index (χ1n) is 8.24. The van der Waals surface area contributed by atoms with Crippen LogP contribution in [0.1, 0.15) is 73.2 Å². The van der Waals surface area contributed by atoms with Crippen LogP contribution in [0.2, 0.25) is 0 Å². The second-order valence-corrected chi connectivity index (χ2v) is 7.86. The van der Waals surface area contributed by atoms with Gasteiger partial charge in [-0.1, -0.05) is 19.3 Å². The standard InChI is InChI=1S/C17H27NOS/c1-13(18-12-17(19)9-5-2-6-10-17)16-11-14-7-3-4-8-15(14)20-16/h11,13,18-19H,2-10,12H2,1H3. The van der Waals surface area contributed by atoms with E-state index in [2.05, 4.69) is 18.3 Å². The molecule has 3 rings (SSSR count). The third-order valence-corrected chi connectivity index (χ3v) is 6.38. The minimum Gasteiger partial charge on any atom is -0.389 e. The van der Waals surface area contributed by atoms with Crippen LogP contribution in [-0.2, 0) is 12.8 Å². The van der Waals surface area contributed by atoms with E-state index in [1.807, 2.05) is 11.3 Å². The Morgan fingerprint density at radius 2 is 1.95 bits per heavy atom. The van der Waals surface area contributed by atoms with E-state index in [0.717, 1.165) is 19.4 Å². The van der Waals surface area contributed by atoms with E-state index in [0.29, 0.717) is 6.04 Å². The van der Waals surface area contributed by atoms with E-state index < -0.39 is 5.60 Å². The second-order valence-electron chi connectivity index (χ2n) is 6.69. The zero-order valence-electron chi connectivity index (χ0n) is 12.6. The molecule has 1 aromatic rings. The lowest BCUT2D eigenvalue weighted by molar-refractivity contribution is 0.00308. The monoisotopic (exact) mass is 293 g/mol. The predicted octanol–water partition coefficient (Wildman–Crippen LogP) is 3.97. The molecule has 2 aliphatic carbocycles. The van der Waals surface area contributed by atoms with E-state index in [4.69, 9.17) is 0 Å². The van der Waals surface area contributed by atoms with Gasteiger partial charge in [0.25, 0.3) is 0 Å². The molecule has 1 unspecified atom stereocenters. The number of aliphatic hydroxyl groups is 1. The maximum Gasteiger partial charge on any atom is 0.0771 e. The number of hydrogen-bond donors (Lipinski definition) is 2. The van der Waals surface area contributed by atoms with Crippen molar-refractivity contribution in [3.63, 3.8) is 0 Å². The summed E-state index contributed by atoms with van der Waals surface area (Å²) in [5.41, 5.74) is 1.13. The third kappa shape index (κ3) is 3.26. The van der Waals surface area contributed by atoms with E-state index in [1.165, 1.54) is 49.8 Å². The van der Waals surface area contributed by atoms with Crippen LogP contribution < -0.4 is 5.32 Å². The van der Waals surface area contributed by atoms with Crippen molar-refractivity contribution in [3.05, 3.63) is 21.4 Å². The molecule has 3 heteroatoms. The molecule has 0 aliphatic heterocycles. The average Bonchev–Trinajstić information content (AvgIpc) is 2.89. The Hall–Kier alpha value is -0.380. The fraction of sp³-hybridized carbons (Fsp3) is 0.765. The van der Waals surface area contributed by atoms with Crippen LogP contribution in [-0.4, -0.2) is 17.3 Å². The predicted molar refractivity (Wildman–Crippen MR) is 85.4 cm³/mol. The maximum absolute atomic E-state index is 10.6. The fourth-order valence-electron chi connectivity index (χ4n) is 3.56. The summed E-state index contributed by atoms with van der Waals surface area (Å²) in [6.07, 6.45) is 10.8. The lowest BCUT2D eigenvalue weighted by atomic mass is 9.85. The van der Waals surface area contributed by atoms with Gasteiger partial charge in [0, 0.05) is 22.3 Å². The van der Waals surface area contributed by atoms with E-state index in [9.17, 15) is 5.11 Å². The summed E-state index contributed by atoms with van der Waals surface area (Å²) in [6.45, 7) is 2.99. The Labute approximate surface area is 126 Å². The SMILES string of the molecule is CC(NCC1(O)CCCCC1)c1cc2c(s1)CCCC2. The van der Waals surface area contributed by atoms with Crippen LogP contribution in [0.5, 0.6) is 0 Å².